The van der Waals surface area contributed by atoms with E-state index in [1.54, 1.807) is 0 Å². The largest absolute Gasteiger partial charge is 0.387 e. The van der Waals surface area contributed by atoms with Gasteiger partial charge in [-0.25, -0.2) is 0 Å². The second-order valence-corrected chi connectivity index (χ2v) is 6.95. The fraction of sp³-hybridized carbons (Fsp3) is 0.611. The third-order valence-electron chi connectivity index (χ3n) is 5.60. The third kappa shape index (κ3) is 1.80. The van der Waals surface area contributed by atoms with Gasteiger partial charge in [0.25, 0.3) is 0 Å². The van der Waals surface area contributed by atoms with Crippen LogP contribution in [0.25, 0.3) is 0 Å². The Hall–Kier alpha value is -1.33. The van der Waals surface area contributed by atoms with Gasteiger partial charge < -0.3 is 5.11 Å². The van der Waals surface area contributed by atoms with Gasteiger partial charge in [0.15, 0.2) is 0 Å². The van der Waals surface area contributed by atoms with Crippen molar-refractivity contribution in [2.45, 2.75) is 52.6 Å². The Balaban J connectivity index is 2.05. The van der Waals surface area contributed by atoms with E-state index >= 15 is 0 Å². The van der Waals surface area contributed by atoms with E-state index in [4.69, 9.17) is 0 Å². The first kappa shape index (κ1) is 13.6. The molecule has 2 bridgehead atoms. The molecular formula is C18H23NO. The lowest BCUT2D eigenvalue weighted by Crippen LogP contribution is -2.34. The third-order valence-corrected chi connectivity index (χ3v) is 5.60. The Kier molecular flexibility index (Phi) is 3.14. The molecule has 1 aromatic carbocycles. The molecule has 0 radical (unpaired) electrons. The van der Waals surface area contributed by atoms with Crippen molar-refractivity contribution in [3.63, 3.8) is 0 Å². The maximum Gasteiger partial charge on any atom is 0.0984 e. The molecule has 0 aromatic heterocycles. The normalized spacial score (nSPS) is 33.1. The quantitative estimate of drug-likeness (QED) is 0.882. The van der Waals surface area contributed by atoms with Crippen LogP contribution in [0, 0.1) is 49.4 Å². The first-order chi connectivity index (χ1) is 9.48. The van der Waals surface area contributed by atoms with Crippen LogP contribution in [0.3, 0.4) is 0 Å². The molecule has 20 heavy (non-hydrogen) atoms. The van der Waals surface area contributed by atoms with Gasteiger partial charge in [0.05, 0.1) is 17.6 Å². The second-order valence-electron chi connectivity index (χ2n) is 6.95. The van der Waals surface area contributed by atoms with E-state index in [0.29, 0.717) is 11.8 Å². The van der Waals surface area contributed by atoms with E-state index in [9.17, 15) is 10.4 Å². The van der Waals surface area contributed by atoms with Crippen molar-refractivity contribution in [3.8, 4) is 6.07 Å². The fourth-order valence-electron chi connectivity index (χ4n) is 4.79. The maximum absolute atomic E-state index is 11.0. The molecule has 2 nitrogen and oxygen atoms in total. The molecule has 4 unspecified atom stereocenters. The molecule has 0 spiro atoms. The van der Waals surface area contributed by atoms with Crippen molar-refractivity contribution in [1.29, 1.82) is 5.26 Å². The number of aliphatic hydroxyl groups excluding tert-OH is 1. The first-order valence-electron chi connectivity index (χ1n) is 7.65. The summed E-state index contributed by atoms with van der Waals surface area (Å²) in [5, 5.41) is 20.8. The molecule has 0 aliphatic heterocycles. The Labute approximate surface area is 121 Å². The number of nitriles is 1. The lowest BCUT2D eigenvalue weighted by atomic mass is 9.67. The van der Waals surface area contributed by atoms with E-state index in [2.05, 4.69) is 39.0 Å². The van der Waals surface area contributed by atoms with Gasteiger partial charge in [0.2, 0.25) is 0 Å². The van der Waals surface area contributed by atoms with Crippen LogP contribution in [-0.2, 0) is 0 Å². The number of rotatable bonds is 2. The summed E-state index contributed by atoms with van der Waals surface area (Å²) >= 11 is 0. The van der Waals surface area contributed by atoms with Gasteiger partial charge in [-0.05, 0) is 68.6 Å². The highest BCUT2D eigenvalue weighted by molar-refractivity contribution is 5.41. The summed E-state index contributed by atoms with van der Waals surface area (Å²) in [5.41, 5.74) is 3.90. The van der Waals surface area contributed by atoms with Crippen LogP contribution in [0.1, 0.15) is 54.0 Å². The van der Waals surface area contributed by atoms with Crippen LogP contribution in [0.5, 0.6) is 0 Å². The number of aliphatic hydroxyl groups is 1. The number of aryl methyl sites for hydroxylation is 3. The summed E-state index contributed by atoms with van der Waals surface area (Å²) in [4.78, 5) is 0. The number of nitrogens with zero attached hydrogens (tertiary/aromatic N) is 1. The van der Waals surface area contributed by atoms with Gasteiger partial charge in [0, 0.05) is 0 Å². The predicted octanol–water partition coefficient (Wildman–Crippen LogP) is 3.98. The summed E-state index contributed by atoms with van der Waals surface area (Å²) in [6.45, 7) is 6.18. The van der Waals surface area contributed by atoms with Crippen molar-refractivity contribution in [2.24, 2.45) is 17.3 Å². The topological polar surface area (TPSA) is 44.0 Å². The van der Waals surface area contributed by atoms with E-state index in [1.165, 1.54) is 12.0 Å². The van der Waals surface area contributed by atoms with Gasteiger partial charge in [-0.2, -0.15) is 5.26 Å². The molecule has 4 atom stereocenters. The Morgan fingerprint density at radius 2 is 1.90 bits per heavy atom. The average Bonchev–Trinajstić information content (AvgIpc) is 2.97. The molecule has 3 rings (SSSR count). The maximum atomic E-state index is 11.0. The summed E-state index contributed by atoms with van der Waals surface area (Å²) in [6, 6.07) is 6.76. The minimum Gasteiger partial charge on any atom is -0.387 e. The summed E-state index contributed by atoms with van der Waals surface area (Å²) in [5.74, 6) is 1.04. The highest BCUT2D eigenvalue weighted by Crippen LogP contribution is 2.61. The van der Waals surface area contributed by atoms with Crippen LogP contribution in [-0.4, -0.2) is 5.11 Å². The van der Waals surface area contributed by atoms with Gasteiger partial charge in [-0.3, -0.25) is 0 Å². The Morgan fingerprint density at radius 3 is 2.35 bits per heavy atom. The number of fused-ring (bicyclic) bond motifs is 2. The van der Waals surface area contributed by atoms with Crippen molar-refractivity contribution in [2.75, 3.05) is 0 Å². The van der Waals surface area contributed by atoms with E-state index < -0.39 is 11.5 Å². The van der Waals surface area contributed by atoms with Crippen molar-refractivity contribution < 1.29 is 5.11 Å². The summed E-state index contributed by atoms with van der Waals surface area (Å²) in [6.07, 6.45) is 3.73. The highest BCUT2D eigenvalue weighted by Gasteiger charge is 2.56. The van der Waals surface area contributed by atoms with Crippen molar-refractivity contribution in [1.82, 2.24) is 0 Å². The smallest absolute Gasteiger partial charge is 0.0984 e. The first-order valence-corrected chi connectivity index (χ1v) is 7.65. The Bertz CT molecular complexity index is 563. The van der Waals surface area contributed by atoms with Crippen LogP contribution >= 0.6 is 0 Å². The van der Waals surface area contributed by atoms with Crippen LogP contribution in [0.15, 0.2) is 12.1 Å². The minimum atomic E-state index is -0.636. The molecule has 2 heteroatoms. The number of hydrogen-bond donors (Lipinski definition) is 1. The summed E-state index contributed by atoms with van der Waals surface area (Å²) in [7, 11) is 0. The predicted molar refractivity (Wildman–Crippen MR) is 79.1 cm³/mol. The zero-order valence-corrected chi connectivity index (χ0v) is 12.6. The molecule has 2 fully saturated rings. The SMILES string of the molecule is Cc1cc(C)c(C(O)C2(C#N)CC3CCC2C3)c(C)c1. The second kappa shape index (κ2) is 4.60. The summed E-state index contributed by atoms with van der Waals surface area (Å²) < 4.78 is 0. The van der Waals surface area contributed by atoms with Crippen LogP contribution < -0.4 is 0 Å². The lowest BCUT2D eigenvalue weighted by molar-refractivity contribution is 0.0224. The van der Waals surface area contributed by atoms with Crippen LogP contribution in [0.2, 0.25) is 0 Å². The number of benzene rings is 1. The average molecular weight is 269 g/mol. The van der Waals surface area contributed by atoms with Crippen molar-refractivity contribution >= 4 is 0 Å². The molecule has 0 heterocycles. The standard InChI is InChI=1S/C18H23NO/c1-11-6-12(2)16(13(3)7-11)17(20)18(10-19)9-14-4-5-15(18)8-14/h6-7,14-15,17,20H,4-5,8-9H2,1-3H3. The number of hydrogen-bond acceptors (Lipinski definition) is 2. The van der Waals surface area contributed by atoms with Crippen molar-refractivity contribution in [3.05, 3.63) is 34.4 Å². The molecule has 2 saturated carbocycles. The van der Waals surface area contributed by atoms with E-state index in [-0.39, 0.29) is 0 Å². The molecule has 1 aromatic rings. The van der Waals surface area contributed by atoms with Gasteiger partial charge in [-0.1, -0.05) is 24.1 Å². The zero-order valence-electron chi connectivity index (χ0n) is 12.6. The zero-order chi connectivity index (χ0) is 14.5. The molecule has 0 saturated heterocycles. The highest BCUT2D eigenvalue weighted by atomic mass is 16.3. The molecule has 106 valence electrons. The van der Waals surface area contributed by atoms with Gasteiger partial charge in [0.1, 0.15) is 0 Å². The Morgan fingerprint density at radius 1 is 1.25 bits per heavy atom. The van der Waals surface area contributed by atoms with E-state index in [1.807, 2.05) is 0 Å². The van der Waals surface area contributed by atoms with Crippen LogP contribution in [0.4, 0.5) is 0 Å². The molecule has 2 aliphatic carbocycles. The fourth-order valence-corrected chi connectivity index (χ4v) is 4.79. The minimum absolute atomic E-state index is 0.382. The lowest BCUT2D eigenvalue weighted by Gasteiger charge is -2.37. The monoisotopic (exact) mass is 269 g/mol. The molecule has 2 aliphatic rings. The van der Waals surface area contributed by atoms with E-state index in [0.717, 1.165) is 36.0 Å². The molecular weight excluding hydrogens is 246 g/mol. The molecule has 1 N–H and O–H groups in total. The van der Waals surface area contributed by atoms with Gasteiger partial charge in [-0.15, -0.1) is 0 Å². The molecule has 0 amide bonds. The van der Waals surface area contributed by atoms with Gasteiger partial charge >= 0.3 is 0 Å².